The van der Waals surface area contributed by atoms with Gasteiger partial charge in [-0.05, 0) is 43.7 Å². The van der Waals surface area contributed by atoms with E-state index in [0.29, 0.717) is 0 Å². The molecule has 0 atom stereocenters. The standard InChI is InChI=1S/C10H21N/c1-4-11-7-9-5-10(6-9)8(2)3/h8-11H,4-7H2,1-3H3. The van der Waals surface area contributed by atoms with Crippen LogP contribution in [0.25, 0.3) is 0 Å². The van der Waals surface area contributed by atoms with E-state index in [-0.39, 0.29) is 0 Å². The minimum absolute atomic E-state index is 0.910. The van der Waals surface area contributed by atoms with Gasteiger partial charge in [0, 0.05) is 0 Å². The molecule has 1 heteroatoms. The van der Waals surface area contributed by atoms with E-state index < -0.39 is 0 Å². The number of rotatable bonds is 4. The Morgan fingerprint density at radius 1 is 1.36 bits per heavy atom. The molecule has 0 aliphatic heterocycles. The van der Waals surface area contributed by atoms with E-state index in [1.165, 1.54) is 19.4 Å². The lowest BCUT2D eigenvalue weighted by molar-refractivity contribution is 0.140. The molecule has 1 N–H and O–H groups in total. The minimum Gasteiger partial charge on any atom is -0.317 e. The summed E-state index contributed by atoms with van der Waals surface area (Å²) in [6, 6.07) is 0. The van der Waals surface area contributed by atoms with Crippen LogP contribution in [0.2, 0.25) is 0 Å². The summed E-state index contributed by atoms with van der Waals surface area (Å²) in [5.41, 5.74) is 0. The first-order valence-corrected chi connectivity index (χ1v) is 4.94. The van der Waals surface area contributed by atoms with Gasteiger partial charge in [-0.1, -0.05) is 20.8 Å². The van der Waals surface area contributed by atoms with Crippen molar-refractivity contribution in [1.29, 1.82) is 0 Å². The van der Waals surface area contributed by atoms with Crippen LogP contribution in [0.15, 0.2) is 0 Å². The molecule has 1 fully saturated rings. The molecule has 1 rings (SSSR count). The quantitative estimate of drug-likeness (QED) is 0.656. The maximum atomic E-state index is 3.41. The third kappa shape index (κ3) is 2.48. The van der Waals surface area contributed by atoms with E-state index in [9.17, 15) is 0 Å². The Morgan fingerprint density at radius 2 is 2.00 bits per heavy atom. The lowest BCUT2D eigenvalue weighted by Gasteiger charge is -2.38. The fraction of sp³-hybridized carbons (Fsp3) is 1.00. The van der Waals surface area contributed by atoms with Crippen LogP contribution in [0.4, 0.5) is 0 Å². The number of hydrogen-bond acceptors (Lipinski definition) is 1. The van der Waals surface area contributed by atoms with Gasteiger partial charge in [-0.3, -0.25) is 0 Å². The molecule has 0 aromatic heterocycles. The molecule has 0 saturated heterocycles. The normalized spacial score (nSPS) is 30.5. The molecule has 66 valence electrons. The Bertz CT molecular complexity index is 103. The summed E-state index contributed by atoms with van der Waals surface area (Å²) >= 11 is 0. The summed E-state index contributed by atoms with van der Waals surface area (Å²) in [6.07, 6.45) is 2.93. The average molecular weight is 155 g/mol. The molecule has 0 unspecified atom stereocenters. The third-order valence-corrected chi connectivity index (χ3v) is 2.90. The Balaban J connectivity index is 2.00. The molecular weight excluding hydrogens is 134 g/mol. The second-order valence-electron chi connectivity index (χ2n) is 4.15. The van der Waals surface area contributed by atoms with Crippen molar-refractivity contribution in [3.63, 3.8) is 0 Å². The van der Waals surface area contributed by atoms with Crippen molar-refractivity contribution in [2.24, 2.45) is 17.8 Å². The molecule has 1 aliphatic rings. The Morgan fingerprint density at radius 3 is 2.45 bits per heavy atom. The van der Waals surface area contributed by atoms with Crippen molar-refractivity contribution in [2.45, 2.75) is 33.6 Å². The molecule has 1 aliphatic carbocycles. The van der Waals surface area contributed by atoms with Crippen molar-refractivity contribution in [2.75, 3.05) is 13.1 Å². The lowest BCUT2D eigenvalue weighted by Crippen LogP contribution is -2.35. The smallest absolute Gasteiger partial charge is 0.00204 e. The monoisotopic (exact) mass is 155 g/mol. The van der Waals surface area contributed by atoms with Gasteiger partial charge in [0.1, 0.15) is 0 Å². The second-order valence-corrected chi connectivity index (χ2v) is 4.15. The van der Waals surface area contributed by atoms with E-state index in [1.807, 2.05) is 0 Å². The fourth-order valence-electron chi connectivity index (χ4n) is 1.85. The Labute approximate surface area is 70.6 Å². The zero-order chi connectivity index (χ0) is 8.27. The molecule has 11 heavy (non-hydrogen) atoms. The predicted octanol–water partition coefficient (Wildman–Crippen LogP) is 2.28. The molecule has 0 spiro atoms. The van der Waals surface area contributed by atoms with Gasteiger partial charge in [0.15, 0.2) is 0 Å². The van der Waals surface area contributed by atoms with Gasteiger partial charge >= 0.3 is 0 Å². The second kappa shape index (κ2) is 4.10. The number of nitrogens with one attached hydrogen (secondary N) is 1. The topological polar surface area (TPSA) is 12.0 Å². The highest BCUT2D eigenvalue weighted by atomic mass is 14.8. The van der Waals surface area contributed by atoms with E-state index in [1.54, 1.807) is 0 Å². The highest BCUT2D eigenvalue weighted by Crippen LogP contribution is 2.38. The zero-order valence-electron chi connectivity index (χ0n) is 8.06. The third-order valence-electron chi connectivity index (χ3n) is 2.90. The van der Waals surface area contributed by atoms with Gasteiger partial charge in [-0.15, -0.1) is 0 Å². The van der Waals surface area contributed by atoms with Crippen LogP contribution in [0.5, 0.6) is 0 Å². The first-order chi connectivity index (χ1) is 5.24. The van der Waals surface area contributed by atoms with Gasteiger partial charge in [-0.25, -0.2) is 0 Å². The van der Waals surface area contributed by atoms with E-state index in [0.717, 1.165) is 24.3 Å². The largest absolute Gasteiger partial charge is 0.317 e. The molecular formula is C10H21N. The van der Waals surface area contributed by atoms with Crippen LogP contribution in [-0.4, -0.2) is 13.1 Å². The first kappa shape index (κ1) is 9.05. The zero-order valence-corrected chi connectivity index (χ0v) is 8.06. The predicted molar refractivity (Wildman–Crippen MR) is 49.6 cm³/mol. The Hall–Kier alpha value is -0.0400. The van der Waals surface area contributed by atoms with Crippen molar-refractivity contribution in [3.8, 4) is 0 Å². The van der Waals surface area contributed by atoms with Crippen LogP contribution in [-0.2, 0) is 0 Å². The number of hydrogen-bond donors (Lipinski definition) is 1. The molecule has 0 heterocycles. The maximum absolute atomic E-state index is 3.41. The van der Waals surface area contributed by atoms with Crippen LogP contribution < -0.4 is 5.32 Å². The summed E-state index contributed by atoms with van der Waals surface area (Å²) in [4.78, 5) is 0. The maximum Gasteiger partial charge on any atom is -0.00204 e. The van der Waals surface area contributed by atoms with Gasteiger partial charge in [-0.2, -0.15) is 0 Å². The van der Waals surface area contributed by atoms with Crippen molar-refractivity contribution < 1.29 is 0 Å². The van der Waals surface area contributed by atoms with E-state index >= 15 is 0 Å². The Kier molecular flexibility index (Phi) is 3.38. The first-order valence-electron chi connectivity index (χ1n) is 4.94. The van der Waals surface area contributed by atoms with Gasteiger partial charge < -0.3 is 5.32 Å². The lowest BCUT2D eigenvalue weighted by atomic mass is 9.69. The summed E-state index contributed by atoms with van der Waals surface area (Å²) in [5.74, 6) is 2.92. The summed E-state index contributed by atoms with van der Waals surface area (Å²) in [6.45, 7) is 9.24. The average Bonchev–Trinajstić information content (AvgIpc) is 1.84. The van der Waals surface area contributed by atoms with Gasteiger partial charge in [0.25, 0.3) is 0 Å². The summed E-state index contributed by atoms with van der Waals surface area (Å²) in [7, 11) is 0. The van der Waals surface area contributed by atoms with E-state index in [4.69, 9.17) is 0 Å². The summed E-state index contributed by atoms with van der Waals surface area (Å²) in [5, 5.41) is 3.41. The van der Waals surface area contributed by atoms with Gasteiger partial charge in [0.05, 0.1) is 0 Å². The molecule has 0 bridgehead atoms. The molecule has 0 radical (unpaired) electrons. The van der Waals surface area contributed by atoms with Crippen molar-refractivity contribution in [1.82, 2.24) is 5.32 Å². The van der Waals surface area contributed by atoms with Crippen LogP contribution >= 0.6 is 0 Å². The molecule has 0 amide bonds. The van der Waals surface area contributed by atoms with Crippen LogP contribution in [0.1, 0.15) is 33.6 Å². The molecule has 1 saturated carbocycles. The van der Waals surface area contributed by atoms with Gasteiger partial charge in [0.2, 0.25) is 0 Å². The van der Waals surface area contributed by atoms with Crippen molar-refractivity contribution in [3.05, 3.63) is 0 Å². The van der Waals surface area contributed by atoms with Crippen molar-refractivity contribution >= 4 is 0 Å². The molecule has 0 aromatic carbocycles. The highest BCUT2D eigenvalue weighted by Gasteiger charge is 2.30. The van der Waals surface area contributed by atoms with Crippen LogP contribution in [0.3, 0.4) is 0 Å². The molecule has 1 nitrogen and oxygen atoms in total. The van der Waals surface area contributed by atoms with Crippen LogP contribution in [0, 0.1) is 17.8 Å². The highest BCUT2D eigenvalue weighted by molar-refractivity contribution is 4.82. The minimum atomic E-state index is 0.910. The molecule has 0 aromatic rings. The van der Waals surface area contributed by atoms with E-state index in [2.05, 4.69) is 26.1 Å². The fourth-order valence-corrected chi connectivity index (χ4v) is 1.85. The SMILES string of the molecule is CCNCC1CC(C(C)C)C1. The summed E-state index contributed by atoms with van der Waals surface area (Å²) < 4.78 is 0.